The summed E-state index contributed by atoms with van der Waals surface area (Å²) in [6.45, 7) is 9.82. The van der Waals surface area contributed by atoms with Crippen molar-refractivity contribution in [1.29, 1.82) is 0 Å². The number of nitrogens with one attached hydrogen (secondary N) is 1. The highest BCUT2D eigenvalue weighted by molar-refractivity contribution is 4.84. The minimum Gasteiger partial charge on any atom is -0.314 e. The molecule has 0 spiro atoms. The van der Waals surface area contributed by atoms with E-state index >= 15 is 0 Å². The monoisotopic (exact) mass is 252 g/mol. The molecule has 1 N–H and O–H groups in total. The van der Waals surface area contributed by atoms with Crippen molar-refractivity contribution in [3.05, 3.63) is 0 Å². The van der Waals surface area contributed by atoms with Crippen molar-refractivity contribution in [2.45, 2.75) is 64.8 Å². The lowest BCUT2D eigenvalue weighted by molar-refractivity contribution is 0.120. The van der Waals surface area contributed by atoms with E-state index in [2.05, 4.69) is 24.1 Å². The molecule has 2 aliphatic rings. The SMILES string of the molecule is CCNC1CCCCC1CN1CCCC(CC)C1. The molecule has 0 aromatic carbocycles. The predicted octanol–water partition coefficient (Wildman–Crippen LogP) is 3.28. The molecule has 18 heavy (non-hydrogen) atoms. The molecule has 1 aliphatic heterocycles. The van der Waals surface area contributed by atoms with Crippen molar-refractivity contribution < 1.29 is 0 Å². The predicted molar refractivity (Wildman–Crippen MR) is 78.9 cm³/mol. The van der Waals surface area contributed by atoms with Gasteiger partial charge in [0.15, 0.2) is 0 Å². The smallest absolute Gasteiger partial charge is 0.0107 e. The van der Waals surface area contributed by atoms with Crippen LogP contribution in [-0.4, -0.2) is 37.1 Å². The summed E-state index contributed by atoms with van der Waals surface area (Å²) in [5, 5.41) is 3.72. The summed E-state index contributed by atoms with van der Waals surface area (Å²) in [7, 11) is 0. The van der Waals surface area contributed by atoms with Gasteiger partial charge >= 0.3 is 0 Å². The van der Waals surface area contributed by atoms with Crippen molar-refractivity contribution in [1.82, 2.24) is 10.2 Å². The summed E-state index contributed by atoms with van der Waals surface area (Å²) >= 11 is 0. The van der Waals surface area contributed by atoms with Crippen LogP contribution in [0.1, 0.15) is 58.8 Å². The molecule has 2 nitrogen and oxygen atoms in total. The molecule has 2 heteroatoms. The maximum atomic E-state index is 3.72. The van der Waals surface area contributed by atoms with Gasteiger partial charge in [-0.1, -0.05) is 33.1 Å². The average Bonchev–Trinajstić information content (AvgIpc) is 2.41. The van der Waals surface area contributed by atoms with Crippen LogP contribution >= 0.6 is 0 Å². The zero-order valence-electron chi connectivity index (χ0n) is 12.5. The zero-order valence-corrected chi connectivity index (χ0v) is 12.5. The molecule has 1 heterocycles. The maximum Gasteiger partial charge on any atom is 0.0107 e. The van der Waals surface area contributed by atoms with E-state index in [1.54, 1.807) is 0 Å². The fraction of sp³-hybridized carbons (Fsp3) is 1.00. The molecule has 0 aromatic heterocycles. The molecule has 1 saturated carbocycles. The number of rotatable bonds is 5. The first kappa shape index (κ1) is 14.3. The Morgan fingerprint density at radius 1 is 1.06 bits per heavy atom. The van der Waals surface area contributed by atoms with Gasteiger partial charge in [-0.25, -0.2) is 0 Å². The molecular weight excluding hydrogens is 220 g/mol. The number of hydrogen-bond acceptors (Lipinski definition) is 2. The lowest BCUT2D eigenvalue weighted by Gasteiger charge is -2.39. The van der Waals surface area contributed by atoms with E-state index in [0.717, 1.165) is 24.4 Å². The van der Waals surface area contributed by atoms with Crippen molar-refractivity contribution in [3.8, 4) is 0 Å². The van der Waals surface area contributed by atoms with Crippen LogP contribution in [0.5, 0.6) is 0 Å². The van der Waals surface area contributed by atoms with Gasteiger partial charge in [-0.3, -0.25) is 0 Å². The highest BCUT2D eigenvalue weighted by atomic mass is 15.1. The average molecular weight is 252 g/mol. The zero-order chi connectivity index (χ0) is 12.8. The number of nitrogens with zero attached hydrogens (tertiary/aromatic N) is 1. The molecule has 1 aliphatic carbocycles. The first-order valence-electron chi connectivity index (χ1n) is 8.29. The van der Waals surface area contributed by atoms with Gasteiger partial charge in [-0.05, 0) is 50.6 Å². The maximum absolute atomic E-state index is 3.72. The van der Waals surface area contributed by atoms with Crippen LogP contribution < -0.4 is 5.32 Å². The fourth-order valence-corrected chi connectivity index (χ4v) is 3.94. The van der Waals surface area contributed by atoms with Crippen molar-refractivity contribution in [2.24, 2.45) is 11.8 Å². The van der Waals surface area contributed by atoms with Crippen molar-refractivity contribution >= 4 is 0 Å². The molecule has 0 radical (unpaired) electrons. The van der Waals surface area contributed by atoms with E-state index in [1.165, 1.54) is 64.6 Å². The van der Waals surface area contributed by atoms with Gasteiger partial charge in [0.25, 0.3) is 0 Å². The highest BCUT2D eigenvalue weighted by Crippen LogP contribution is 2.27. The molecule has 3 unspecified atom stereocenters. The lowest BCUT2D eigenvalue weighted by Crippen LogP contribution is -2.46. The molecule has 0 bridgehead atoms. The lowest BCUT2D eigenvalue weighted by atomic mass is 9.83. The van der Waals surface area contributed by atoms with Gasteiger partial charge in [-0.15, -0.1) is 0 Å². The summed E-state index contributed by atoms with van der Waals surface area (Å²) in [6.07, 6.45) is 10.0. The van der Waals surface area contributed by atoms with E-state index in [-0.39, 0.29) is 0 Å². The molecule has 0 aromatic rings. The van der Waals surface area contributed by atoms with Gasteiger partial charge < -0.3 is 10.2 Å². The largest absolute Gasteiger partial charge is 0.314 e. The normalized spacial score (nSPS) is 34.7. The van der Waals surface area contributed by atoms with Crippen LogP contribution in [-0.2, 0) is 0 Å². The standard InChI is InChI=1S/C16H32N2/c1-3-14-8-7-11-18(12-14)13-15-9-5-6-10-16(15)17-4-2/h14-17H,3-13H2,1-2H3. The van der Waals surface area contributed by atoms with Crippen LogP contribution in [0.3, 0.4) is 0 Å². The molecule has 3 atom stereocenters. The van der Waals surface area contributed by atoms with Crippen LogP contribution in [0, 0.1) is 11.8 Å². The van der Waals surface area contributed by atoms with Gasteiger partial charge in [0.1, 0.15) is 0 Å². The van der Waals surface area contributed by atoms with E-state index in [1.807, 2.05) is 0 Å². The first-order chi connectivity index (χ1) is 8.83. The molecule has 0 amide bonds. The minimum atomic E-state index is 0.797. The highest BCUT2D eigenvalue weighted by Gasteiger charge is 2.28. The van der Waals surface area contributed by atoms with Crippen molar-refractivity contribution in [3.63, 3.8) is 0 Å². The quantitative estimate of drug-likeness (QED) is 0.808. The third-order valence-corrected chi connectivity index (χ3v) is 5.05. The molecular formula is C16H32N2. The van der Waals surface area contributed by atoms with E-state index < -0.39 is 0 Å². The Morgan fingerprint density at radius 3 is 2.67 bits per heavy atom. The second-order valence-electron chi connectivity index (χ2n) is 6.38. The Hall–Kier alpha value is -0.0800. The minimum absolute atomic E-state index is 0.797. The number of piperidine rings is 1. The summed E-state index contributed by atoms with van der Waals surface area (Å²) in [4.78, 5) is 2.76. The topological polar surface area (TPSA) is 15.3 Å². The van der Waals surface area contributed by atoms with Gasteiger partial charge in [0.2, 0.25) is 0 Å². The molecule has 2 fully saturated rings. The van der Waals surface area contributed by atoms with E-state index in [0.29, 0.717) is 0 Å². The fourth-order valence-electron chi connectivity index (χ4n) is 3.94. The summed E-state index contributed by atoms with van der Waals surface area (Å²) in [6, 6.07) is 0.797. The van der Waals surface area contributed by atoms with Crippen LogP contribution in [0.2, 0.25) is 0 Å². The van der Waals surface area contributed by atoms with Crippen LogP contribution in [0.25, 0.3) is 0 Å². The number of hydrogen-bond donors (Lipinski definition) is 1. The van der Waals surface area contributed by atoms with Crippen LogP contribution in [0.15, 0.2) is 0 Å². The Bertz CT molecular complexity index is 227. The van der Waals surface area contributed by atoms with Gasteiger partial charge in [-0.2, -0.15) is 0 Å². The molecule has 106 valence electrons. The Labute approximate surface area is 114 Å². The van der Waals surface area contributed by atoms with Crippen LogP contribution in [0.4, 0.5) is 0 Å². The van der Waals surface area contributed by atoms with Gasteiger partial charge in [0, 0.05) is 19.1 Å². The Morgan fingerprint density at radius 2 is 1.89 bits per heavy atom. The number of likely N-dealkylation sites (tertiary alicyclic amines) is 1. The molecule has 1 saturated heterocycles. The second kappa shape index (κ2) is 7.49. The Kier molecular flexibility index (Phi) is 5.97. The summed E-state index contributed by atoms with van der Waals surface area (Å²) in [5.41, 5.74) is 0. The Balaban J connectivity index is 1.82. The summed E-state index contributed by atoms with van der Waals surface area (Å²) < 4.78 is 0. The summed E-state index contributed by atoms with van der Waals surface area (Å²) in [5.74, 6) is 1.88. The first-order valence-corrected chi connectivity index (χ1v) is 8.29. The third-order valence-electron chi connectivity index (χ3n) is 5.05. The van der Waals surface area contributed by atoms with E-state index in [4.69, 9.17) is 0 Å². The second-order valence-corrected chi connectivity index (χ2v) is 6.38. The van der Waals surface area contributed by atoms with E-state index in [9.17, 15) is 0 Å². The van der Waals surface area contributed by atoms with Crippen molar-refractivity contribution in [2.75, 3.05) is 26.2 Å². The third kappa shape index (κ3) is 3.96. The molecule has 2 rings (SSSR count). The van der Waals surface area contributed by atoms with Gasteiger partial charge in [0.05, 0.1) is 0 Å².